The number of amides is 1. The van der Waals surface area contributed by atoms with Crippen molar-refractivity contribution in [3.05, 3.63) is 108 Å². The molecule has 0 N–H and O–H groups in total. The summed E-state index contributed by atoms with van der Waals surface area (Å²) >= 11 is 0. The Hall–Kier alpha value is -3.87. The predicted octanol–water partition coefficient (Wildman–Crippen LogP) is 4.41. The molecule has 4 heterocycles. The zero-order valence-electron chi connectivity index (χ0n) is 18.1. The molecule has 1 amide bonds. The molecule has 166 valence electrons. The average molecular weight is 442 g/mol. The van der Waals surface area contributed by atoms with Gasteiger partial charge in [0.15, 0.2) is 5.82 Å². The molecule has 3 aromatic heterocycles. The molecular weight excluding hydrogens is 417 g/mol. The van der Waals surface area contributed by atoms with E-state index < -0.39 is 0 Å². The molecule has 33 heavy (non-hydrogen) atoms. The summed E-state index contributed by atoms with van der Waals surface area (Å²) in [6, 6.07) is 18.0. The van der Waals surface area contributed by atoms with E-state index in [0.717, 1.165) is 36.3 Å². The van der Waals surface area contributed by atoms with Gasteiger partial charge >= 0.3 is 0 Å². The van der Waals surface area contributed by atoms with Crippen LogP contribution >= 0.6 is 0 Å². The van der Waals surface area contributed by atoms with Crippen LogP contribution in [0.3, 0.4) is 0 Å². The van der Waals surface area contributed by atoms with Gasteiger partial charge in [-0.15, -0.1) is 0 Å². The number of pyridine rings is 2. The molecule has 1 aromatic carbocycles. The highest BCUT2D eigenvalue weighted by atomic mass is 19.1. The Kier molecular flexibility index (Phi) is 5.93. The first kappa shape index (κ1) is 21.0. The normalized spacial score (nSPS) is 16.0. The smallest absolute Gasteiger partial charge is 0.255 e. The monoisotopic (exact) mass is 441 g/mol. The predicted molar refractivity (Wildman–Crippen MR) is 123 cm³/mol. The number of hydrogen-bond donors (Lipinski definition) is 0. The number of carbonyl (C=O) groups excluding carboxylic acids is 1. The number of rotatable bonds is 5. The van der Waals surface area contributed by atoms with Gasteiger partial charge in [0.2, 0.25) is 0 Å². The van der Waals surface area contributed by atoms with E-state index in [-0.39, 0.29) is 17.6 Å². The van der Waals surface area contributed by atoms with Gasteiger partial charge in [-0.25, -0.2) is 14.1 Å². The van der Waals surface area contributed by atoms with E-state index in [0.29, 0.717) is 24.3 Å². The van der Waals surface area contributed by atoms with Gasteiger partial charge in [-0.3, -0.25) is 9.78 Å². The Morgan fingerprint density at radius 2 is 1.94 bits per heavy atom. The molecule has 0 aliphatic carbocycles. The van der Waals surface area contributed by atoms with Crippen LogP contribution < -0.4 is 0 Å². The number of halogens is 1. The van der Waals surface area contributed by atoms with Crippen molar-refractivity contribution in [1.29, 1.82) is 0 Å². The maximum absolute atomic E-state index is 13.2. The lowest BCUT2D eigenvalue weighted by molar-refractivity contribution is 0.0705. The fraction of sp³-hybridized carbons (Fsp3) is 0.231. The number of benzene rings is 1. The molecule has 6 nitrogen and oxygen atoms in total. The SMILES string of the molecule is O=C(c1ccc(-n2cccn2)nc1)N1CCC[C@@H](c2cccc(Cc3ccc(F)cc3)n2)C1. The van der Waals surface area contributed by atoms with E-state index in [1.165, 1.54) is 12.1 Å². The van der Waals surface area contributed by atoms with Gasteiger partial charge in [-0.05, 0) is 60.9 Å². The van der Waals surface area contributed by atoms with Crippen LogP contribution in [0.4, 0.5) is 4.39 Å². The van der Waals surface area contributed by atoms with Gasteiger partial charge in [-0.2, -0.15) is 5.10 Å². The molecule has 1 aliphatic rings. The summed E-state index contributed by atoms with van der Waals surface area (Å²) in [5.74, 6) is 0.614. The molecule has 1 fully saturated rings. The molecule has 0 bridgehead atoms. The summed E-state index contributed by atoms with van der Waals surface area (Å²) in [5, 5.41) is 4.17. The Labute approximate surface area is 191 Å². The Morgan fingerprint density at radius 3 is 2.70 bits per heavy atom. The minimum Gasteiger partial charge on any atom is -0.338 e. The first-order valence-corrected chi connectivity index (χ1v) is 11.1. The van der Waals surface area contributed by atoms with Crippen molar-refractivity contribution in [2.75, 3.05) is 13.1 Å². The van der Waals surface area contributed by atoms with Crippen molar-refractivity contribution in [2.24, 2.45) is 0 Å². The molecule has 0 unspecified atom stereocenters. The van der Waals surface area contributed by atoms with Crippen molar-refractivity contribution in [3.63, 3.8) is 0 Å². The van der Waals surface area contributed by atoms with Crippen molar-refractivity contribution in [3.8, 4) is 5.82 Å². The number of likely N-dealkylation sites (tertiary alicyclic amines) is 1. The zero-order chi connectivity index (χ0) is 22.6. The van der Waals surface area contributed by atoms with E-state index in [1.54, 1.807) is 35.3 Å². The maximum Gasteiger partial charge on any atom is 0.255 e. The van der Waals surface area contributed by atoms with E-state index in [4.69, 9.17) is 4.98 Å². The fourth-order valence-corrected chi connectivity index (χ4v) is 4.27. The van der Waals surface area contributed by atoms with Crippen LogP contribution in [0.1, 0.15) is 46.1 Å². The number of hydrogen-bond acceptors (Lipinski definition) is 4. The molecule has 1 aliphatic heterocycles. The van der Waals surface area contributed by atoms with Crippen LogP contribution in [-0.2, 0) is 6.42 Å². The molecule has 1 saturated heterocycles. The standard InChI is InChI=1S/C26H24FN5O/c27-22-10-7-19(8-11-22)16-23-5-1-6-24(30-23)21-4-2-14-31(18-21)26(33)20-9-12-25(28-17-20)32-15-3-13-29-32/h1,3,5-13,15,17,21H,2,4,14,16,18H2/t21-/m1/s1. The minimum atomic E-state index is -0.237. The van der Waals surface area contributed by atoms with Crippen molar-refractivity contribution in [1.82, 2.24) is 24.6 Å². The summed E-state index contributed by atoms with van der Waals surface area (Å²) < 4.78 is 14.8. The highest BCUT2D eigenvalue weighted by Crippen LogP contribution is 2.27. The van der Waals surface area contributed by atoms with Gasteiger partial charge in [0.05, 0.1) is 5.56 Å². The summed E-state index contributed by atoms with van der Waals surface area (Å²) in [4.78, 5) is 24.3. The van der Waals surface area contributed by atoms with E-state index >= 15 is 0 Å². The highest BCUT2D eigenvalue weighted by molar-refractivity contribution is 5.94. The van der Waals surface area contributed by atoms with Crippen molar-refractivity contribution in [2.45, 2.75) is 25.2 Å². The quantitative estimate of drug-likeness (QED) is 0.460. The van der Waals surface area contributed by atoms with Crippen molar-refractivity contribution < 1.29 is 9.18 Å². The van der Waals surface area contributed by atoms with Crippen LogP contribution in [0.2, 0.25) is 0 Å². The third kappa shape index (κ3) is 4.82. The second-order valence-corrected chi connectivity index (χ2v) is 8.30. The number of carbonyl (C=O) groups is 1. The molecule has 0 saturated carbocycles. The molecule has 5 rings (SSSR count). The van der Waals surface area contributed by atoms with Crippen LogP contribution in [-0.4, -0.2) is 43.6 Å². The van der Waals surface area contributed by atoms with Crippen LogP contribution in [0.25, 0.3) is 5.82 Å². The van der Waals surface area contributed by atoms with Crippen molar-refractivity contribution >= 4 is 5.91 Å². The Morgan fingerprint density at radius 1 is 1.06 bits per heavy atom. The maximum atomic E-state index is 13.2. The molecule has 1 atom stereocenters. The van der Waals surface area contributed by atoms with E-state index in [1.807, 2.05) is 41.4 Å². The summed E-state index contributed by atoms with van der Waals surface area (Å²) in [5.41, 5.74) is 3.54. The Bertz CT molecular complexity index is 1220. The molecular formula is C26H24FN5O. The van der Waals surface area contributed by atoms with Crippen LogP contribution in [0.15, 0.2) is 79.3 Å². The second kappa shape index (κ2) is 9.32. The lowest BCUT2D eigenvalue weighted by atomic mass is 9.93. The average Bonchev–Trinajstić information content (AvgIpc) is 3.41. The van der Waals surface area contributed by atoms with Gasteiger partial charge in [-0.1, -0.05) is 18.2 Å². The van der Waals surface area contributed by atoms with Gasteiger partial charge in [0.25, 0.3) is 5.91 Å². The van der Waals surface area contributed by atoms with E-state index in [2.05, 4.69) is 10.1 Å². The lowest BCUT2D eigenvalue weighted by Gasteiger charge is -2.32. The molecule has 0 spiro atoms. The largest absolute Gasteiger partial charge is 0.338 e. The van der Waals surface area contributed by atoms with Crippen LogP contribution in [0, 0.1) is 5.82 Å². The van der Waals surface area contributed by atoms with Crippen LogP contribution in [0.5, 0.6) is 0 Å². The second-order valence-electron chi connectivity index (χ2n) is 8.30. The van der Waals surface area contributed by atoms with E-state index in [9.17, 15) is 9.18 Å². The lowest BCUT2D eigenvalue weighted by Crippen LogP contribution is -2.39. The zero-order valence-corrected chi connectivity index (χ0v) is 18.1. The van der Waals surface area contributed by atoms with Gasteiger partial charge < -0.3 is 4.90 Å². The first-order chi connectivity index (χ1) is 16.2. The number of piperidine rings is 1. The topological polar surface area (TPSA) is 63.9 Å². The highest BCUT2D eigenvalue weighted by Gasteiger charge is 2.26. The van der Waals surface area contributed by atoms with Gasteiger partial charge in [0, 0.05) is 55.4 Å². The summed E-state index contributed by atoms with van der Waals surface area (Å²) in [7, 11) is 0. The first-order valence-electron chi connectivity index (χ1n) is 11.1. The van der Waals surface area contributed by atoms with Gasteiger partial charge in [0.1, 0.15) is 5.82 Å². The number of nitrogens with zero attached hydrogens (tertiary/aromatic N) is 5. The third-order valence-electron chi connectivity index (χ3n) is 5.99. The fourth-order valence-electron chi connectivity index (χ4n) is 4.27. The molecule has 4 aromatic rings. The summed E-state index contributed by atoms with van der Waals surface area (Å²) in [6.45, 7) is 1.36. The minimum absolute atomic E-state index is 0.0123. The molecule has 7 heteroatoms. The molecule has 0 radical (unpaired) electrons. The summed E-state index contributed by atoms with van der Waals surface area (Å²) in [6.07, 6.45) is 7.70. The third-order valence-corrected chi connectivity index (χ3v) is 5.99. The Balaban J connectivity index is 1.27. The number of aromatic nitrogens is 4.